The molecule has 0 aliphatic heterocycles. The fourth-order valence-corrected chi connectivity index (χ4v) is 2.75. The predicted molar refractivity (Wildman–Crippen MR) is 102 cm³/mol. The molecule has 1 unspecified atom stereocenters. The van der Waals surface area contributed by atoms with E-state index >= 15 is 0 Å². The van der Waals surface area contributed by atoms with Gasteiger partial charge in [0.2, 0.25) is 0 Å². The molecule has 2 rings (SSSR count). The van der Waals surface area contributed by atoms with Crippen LogP contribution in [0, 0.1) is 19.8 Å². The Bertz CT molecular complexity index is 807. The fourth-order valence-electron chi connectivity index (χ4n) is 2.75. The van der Waals surface area contributed by atoms with Crippen LogP contribution in [0.25, 0.3) is 0 Å². The normalized spacial score (nSPS) is 12.1. The summed E-state index contributed by atoms with van der Waals surface area (Å²) in [4.78, 5) is 30.6. The van der Waals surface area contributed by atoms with Crippen molar-refractivity contribution in [3.05, 3.63) is 57.3 Å². The van der Waals surface area contributed by atoms with E-state index in [1.807, 2.05) is 52.8 Å². The molecule has 140 valence electrons. The molecule has 0 bridgehead atoms. The Morgan fingerprint density at radius 1 is 1.23 bits per heavy atom. The fraction of sp³-hybridized carbons (Fsp3) is 0.450. The number of para-hydroxylation sites is 1. The van der Waals surface area contributed by atoms with Gasteiger partial charge in [-0.15, -0.1) is 0 Å². The molecule has 6 heteroatoms. The smallest absolute Gasteiger partial charge is 0.345 e. The zero-order valence-corrected chi connectivity index (χ0v) is 16.1. The number of hydrogen-bond donors (Lipinski definition) is 2. The van der Waals surface area contributed by atoms with Crippen LogP contribution in [0.3, 0.4) is 0 Å². The summed E-state index contributed by atoms with van der Waals surface area (Å²) in [6, 6.07) is 7.37. The van der Waals surface area contributed by atoms with Gasteiger partial charge in [-0.1, -0.05) is 32.0 Å². The molecule has 26 heavy (non-hydrogen) atoms. The number of aryl methyl sites for hydroxylation is 2. The lowest BCUT2D eigenvalue weighted by atomic mass is 10.1. The highest BCUT2D eigenvalue weighted by atomic mass is 16.5. The third-order valence-electron chi connectivity index (χ3n) is 3.93. The summed E-state index contributed by atoms with van der Waals surface area (Å²) in [6.45, 7) is 10.3. The Morgan fingerprint density at radius 2 is 1.88 bits per heavy atom. The van der Waals surface area contributed by atoms with E-state index in [4.69, 9.17) is 4.74 Å². The van der Waals surface area contributed by atoms with Crippen molar-refractivity contribution in [3.8, 4) is 5.75 Å². The number of H-pyrrole nitrogens is 1. The Hall–Kier alpha value is -2.63. The average molecular weight is 357 g/mol. The summed E-state index contributed by atoms with van der Waals surface area (Å²) in [6.07, 6.45) is 0.684. The van der Waals surface area contributed by atoms with Crippen LogP contribution in [0.1, 0.15) is 48.1 Å². The van der Waals surface area contributed by atoms with E-state index in [2.05, 4.69) is 15.3 Å². The number of benzene rings is 1. The van der Waals surface area contributed by atoms with Gasteiger partial charge in [0.05, 0.1) is 6.04 Å². The number of nitrogens with zero attached hydrogens (tertiary/aromatic N) is 1. The molecule has 1 atom stereocenters. The molecule has 0 fully saturated rings. The maximum absolute atomic E-state index is 12.4. The van der Waals surface area contributed by atoms with Crippen LogP contribution in [0.15, 0.2) is 29.1 Å². The standard InChI is InChI=1S/C20H27N3O3/c1-12(2)9-16-10-17(23-20(25)22-16)19(24)21-15(5)11-26-18-13(3)7-6-8-14(18)4/h6-8,10,12,15H,9,11H2,1-5H3,(H,21,24)(H,22,23,25). The second kappa shape index (κ2) is 8.65. The monoisotopic (exact) mass is 357 g/mol. The van der Waals surface area contributed by atoms with Crippen molar-refractivity contribution in [1.29, 1.82) is 0 Å². The molecule has 1 amide bonds. The van der Waals surface area contributed by atoms with E-state index in [1.54, 1.807) is 6.07 Å². The van der Waals surface area contributed by atoms with Gasteiger partial charge in [0.25, 0.3) is 5.91 Å². The maximum Gasteiger partial charge on any atom is 0.345 e. The van der Waals surface area contributed by atoms with Crippen molar-refractivity contribution < 1.29 is 9.53 Å². The van der Waals surface area contributed by atoms with E-state index in [0.717, 1.165) is 16.9 Å². The molecule has 0 spiro atoms. The summed E-state index contributed by atoms with van der Waals surface area (Å²) in [5.41, 5.74) is 2.44. The van der Waals surface area contributed by atoms with Crippen LogP contribution >= 0.6 is 0 Å². The number of carbonyl (C=O) groups excluding carboxylic acids is 1. The van der Waals surface area contributed by atoms with Crippen molar-refractivity contribution in [2.45, 2.75) is 47.1 Å². The molecule has 0 aliphatic rings. The Morgan fingerprint density at radius 3 is 2.50 bits per heavy atom. The summed E-state index contributed by atoms with van der Waals surface area (Å²) in [5, 5.41) is 2.83. The van der Waals surface area contributed by atoms with Crippen LogP contribution in [0.2, 0.25) is 0 Å². The van der Waals surface area contributed by atoms with Crippen LogP contribution in [-0.2, 0) is 6.42 Å². The van der Waals surface area contributed by atoms with Gasteiger partial charge >= 0.3 is 5.69 Å². The van der Waals surface area contributed by atoms with Gasteiger partial charge in [0.1, 0.15) is 18.1 Å². The minimum atomic E-state index is -0.507. The van der Waals surface area contributed by atoms with Gasteiger partial charge in [-0.05, 0) is 50.3 Å². The molecular weight excluding hydrogens is 330 g/mol. The third-order valence-corrected chi connectivity index (χ3v) is 3.93. The second-order valence-electron chi connectivity index (χ2n) is 7.10. The van der Waals surface area contributed by atoms with Gasteiger partial charge in [-0.2, -0.15) is 4.98 Å². The molecule has 1 heterocycles. The van der Waals surface area contributed by atoms with E-state index < -0.39 is 5.69 Å². The van der Waals surface area contributed by atoms with Crippen molar-refractivity contribution in [3.63, 3.8) is 0 Å². The summed E-state index contributed by atoms with van der Waals surface area (Å²) >= 11 is 0. The number of ether oxygens (including phenoxy) is 1. The number of rotatable bonds is 7. The van der Waals surface area contributed by atoms with Crippen LogP contribution in [0.5, 0.6) is 5.75 Å². The van der Waals surface area contributed by atoms with E-state index in [1.165, 1.54) is 0 Å². The molecule has 0 radical (unpaired) electrons. The first kappa shape index (κ1) is 19.7. The quantitative estimate of drug-likeness (QED) is 0.798. The molecular formula is C20H27N3O3. The van der Waals surface area contributed by atoms with Crippen LogP contribution < -0.4 is 15.7 Å². The molecule has 0 aliphatic carbocycles. The highest BCUT2D eigenvalue weighted by Crippen LogP contribution is 2.22. The Labute approximate surface area is 154 Å². The van der Waals surface area contributed by atoms with Gasteiger partial charge in [0.15, 0.2) is 0 Å². The minimum absolute atomic E-state index is 0.128. The van der Waals surface area contributed by atoms with Crippen LogP contribution in [-0.4, -0.2) is 28.5 Å². The molecule has 6 nitrogen and oxygen atoms in total. The Kier molecular flexibility index (Phi) is 6.55. The molecule has 0 saturated carbocycles. The lowest BCUT2D eigenvalue weighted by Crippen LogP contribution is -2.38. The number of nitrogens with one attached hydrogen (secondary N) is 2. The number of aromatic amines is 1. The number of amides is 1. The topological polar surface area (TPSA) is 84.1 Å². The summed E-state index contributed by atoms with van der Waals surface area (Å²) in [7, 11) is 0. The van der Waals surface area contributed by atoms with Crippen molar-refractivity contribution >= 4 is 5.91 Å². The number of aromatic nitrogens is 2. The van der Waals surface area contributed by atoms with E-state index in [0.29, 0.717) is 24.6 Å². The first-order valence-corrected chi connectivity index (χ1v) is 8.86. The van der Waals surface area contributed by atoms with Gasteiger partial charge in [-0.25, -0.2) is 4.79 Å². The summed E-state index contributed by atoms with van der Waals surface area (Å²) in [5.74, 6) is 0.828. The van der Waals surface area contributed by atoms with E-state index in [9.17, 15) is 9.59 Å². The lowest BCUT2D eigenvalue weighted by Gasteiger charge is -2.17. The molecule has 1 aromatic heterocycles. The van der Waals surface area contributed by atoms with Gasteiger partial charge in [0, 0.05) is 5.69 Å². The number of hydrogen-bond acceptors (Lipinski definition) is 4. The lowest BCUT2D eigenvalue weighted by molar-refractivity contribution is 0.0920. The van der Waals surface area contributed by atoms with Crippen molar-refractivity contribution in [2.24, 2.45) is 5.92 Å². The predicted octanol–water partition coefficient (Wildman–Crippen LogP) is 2.78. The van der Waals surface area contributed by atoms with Crippen molar-refractivity contribution in [1.82, 2.24) is 15.3 Å². The highest BCUT2D eigenvalue weighted by Gasteiger charge is 2.15. The molecule has 2 aromatic rings. The second-order valence-corrected chi connectivity index (χ2v) is 7.10. The minimum Gasteiger partial charge on any atom is -0.491 e. The van der Waals surface area contributed by atoms with Crippen molar-refractivity contribution in [2.75, 3.05) is 6.61 Å². The first-order valence-electron chi connectivity index (χ1n) is 8.86. The average Bonchev–Trinajstić information content (AvgIpc) is 2.53. The zero-order chi connectivity index (χ0) is 19.3. The van der Waals surface area contributed by atoms with Crippen LogP contribution in [0.4, 0.5) is 0 Å². The van der Waals surface area contributed by atoms with Gasteiger partial charge in [-0.3, -0.25) is 4.79 Å². The molecule has 2 N–H and O–H groups in total. The molecule has 0 saturated heterocycles. The zero-order valence-electron chi connectivity index (χ0n) is 16.1. The number of carbonyl (C=O) groups is 1. The first-order chi connectivity index (χ1) is 12.3. The SMILES string of the molecule is Cc1cccc(C)c1OCC(C)NC(=O)c1cc(CC(C)C)[nH]c(=O)n1. The molecule has 1 aromatic carbocycles. The largest absolute Gasteiger partial charge is 0.491 e. The Balaban J connectivity index is 2.01. The summed E-state index contributed by atoms with van der Waals surface area (Å²) < 4.78 is 5.86. The highest BCUT2D eigenvalue weighted by molar-refractivity contribution is 5.92. The maximum atomic E-state index is 12.4. The third kappa shape index (κ3) is 5.44. The van der Waals surface area contributed by atoms with Gasteiger partial charge < -0.3 is 15.0 Å². The van der Waals surface area contributed by atoms with E-state index in [-0.39, 0.29) is 17.6 Å².